The Balaban J connectivity index is 0.00000116. The average Bonchev–Trinajstić information content (AvgIpc) is 2.54. The number of alkyl halides is 2. The Morgan fingerprint density at radius 2 is 1.68 bits per heavy atom. The van der Waals surface area contributed by atoms with Gasteiger partial charge in [0.05, 0.1) is 7.11 Å². The third kappa shape index (κ3) is 5.64. The second-order valence-electron chi connectivity index (χ2n) is 4.16. The first-order valence-electron chi connectivity index (χ1n) is 6.93. The molecule has 0 radical (unpaired) electrons. The highest BCUT2D eigenvalue weighted by Gasteiger charge is 2.10. The Morgan fingerprint density at radius 3 is 2.23 bits per heavy atom. The minimum Gasteiger partial charge on any atom is -0.497 e. The summed E-state index contributed by atoms with van der Waals surface area (Å²) in [5.74, 6) is 0.695. The summed E-state index contributed by atoms with van der Waals surface area (Å²) in [5.41, 5.74) is 0.723. The number of rotatable bonds is 5. The van der Waals surface area contributed by atoms with Crippen LogP contribution in [-0.4, -0.2) is 7.11 Å². The molecule has 0 aromatic heterocycles. The van der Waals surface area contributed by atoms with Crippen LogP contribution >= 0.6 is 11.8 Å². The quantitative estimate of drug-likeness (QED) is 0.614. The number of thioether (sulfide) groups is 1. The number of hydrogen-bond donors (Lipinski definition) is 0. The smallest absolute Gasteiger partial charge is 0.263 e. The summed E-state index contributed by atoms with van der Waals surface area (Å²) in [7, 11) is 1.59. The second kappa shape index (κ2) is 9.41. The van der Waals surface area contributed by atoms with Crippen molar-refractivity contribution < 1.29 is 17.9 Å². The van der Waals surface area contributed by atoms with Crippen molar-refractivity contribution in [1.82, 2.24) is 0 Å². The van der Waals surface area contributed by atoms with Crippen molar-refractivity contribution in [3.05, 3.63) is 59.4 Å². The molecule has 0 spiro atoms. The fourth-order valence-electron chi connectivity index (χ4n) is 1.68. The summed E-state index contributed by atoms with van der Waals surface area (Å²) in [6, 6.07) is 10.9. The molecule has 0 aliphatic rings. The highest BCUT2D eigenvalue weighted by Crippen LogP contribution is 2.29. The highest BCUT2D eigenvalue weighted by molar-refractivity contribution is 7.98. The molecule has 22 heavy (non-hydrogen) atoms. The average molecular weight is 328 g/mol. The van der Waals surface area contributed by atoms with Crippen LogP contribution in [-0.2, 0) is 5.75 Å². The van der Waals surface area contributed by atoms with Crippen molar-refractivity contribution >= 4 is 11.8 Å². The molecule has 0 saturated carbocycles. The van der Waals surface area contributed by atoms with Gasteiger partial charge in [-0.2, -0.15) is 0 Å². The summed E-state index contributed by atoms with van der Waals surface area (Å²) in [6.45, 7) is 4.00. The number of hydrogen-bond acceptors (Lipinski definition) is 2. The van der Waals surface area contributed by atoms with Crippen LogP contribution in [0.15, 0.2) is 47.4 Å². The predicted octanol–water partition coefficient (Wildman–Crippen LogP) is 6.09. The first-order chi connectivity index (χ1) is 10.6. The first kappa shape index (κ1) is 18.4. The molecule has 0 aliphatic heterocycles. The van der Waals surface area contributed by atoms with Gasteiger partial charge in [0, 0.05) is 16.2 Å². The van der Waals surface area contributed by atoms with Crippen molar-refractivity contribution in [2.75, 3.05) is 7.11 Å². The molecule has 0 amide bonds. The molecule has 0 heterocycles. The van der Waals surface area contributed by atoms with Crippen LogP contribution in [0.5, 0.6) is 5.75 Å². The number of halogens is 3. The zero-order chi connectivity index (χ0) is 16.5. The van der Waals surface area contributed by atoms with E-state index in [4.69, 9.17) is 4.74 Å². The Labute approximate surface area is 133 Å². The summed E-state index contributed by atoms with van der Waals surface area (Å²) < 4.78 is 43.5. The molecule has 2 aromatic carbocycles. The van der Waals surface area contributed by atoms with Gasteiger partial charge < -0.3 is 4.74 Å². The molecule has 1 nitrogen and oxygen atoms in total. The lowest BCUT2D eigenvalue weighted by Gasteiger charge is -2.06. The van der Waals surface area contributed by atoms with Crippen molar-refractivity contribution in [2.24, 2.45) is 0 Å². The van der Waals surface area contributed by atoms with Gasteiger partial charge in [-0.15, -0.1) is 11.8 Å². The van der Waals surface area contributed by atoms with E-state index in [0.717, 1.165) is 17.4 Å². The van der Waals surface area contributed by atoms with E-state index in [1.165, 1.54) is 23.9 Å². The van der Waals surface area contributed by atoms with Gasteiger partial charge in [0.15, 0.2) is 0 Å². The van der Waals surface area contributed by atoms with Crippen molar-refractivity contribution in [2.45, 2.75) is 30.9 Å². The standard InChI is InChI=1S/C15H13F3OS.C2H6/c1-19-13-4-2-10(3-5-13)9-20-14-7-11(15(17)18)6-12(16)8-14;1-2/h2-8,15H,9H2,1H3;1-2H3. The van der Waals surface area contributed by atoms with Crippen LogP contribution in [0.2, 0.25) is 0 Å². The molecule has 2 rings (SSSR count). The molecule has 0 saturated heterocycles. The summed E-state index contributed by atoms with van der Waals surface area (Å²) in [6.07, 6.45) is -2.66. The van der Waals surface area contributed by atoms with Crippen LogP contribution in [0, 0.1) is 5.82 Å². The fraction of sp³-hybridized carbons (Fsp3) is 0.294. The zero-order valence-electron chi connectivity index (χ0n) is 12.8. The third-order valence-corrected chi connectivity index (χ3v) is 3.76. The van der Waals surface area contributed by atoms with E-state index in [9.17, 15) is 13.2 Å². The maximum atomic E-state index is 13.2. The molecular formula is C17H19F3OS. The van der Waals surface area contributed by atoms with Gasteiger partial charge in [0.1, 0.15) is 11.6 Å². The topological polar surface area (TPSA) is 9.23 Å². The monoisotopic (exact) mass is 328 g/mol. The molecule has 0 N–H and O–H groups in total. The van der Waals surface area contributed by atoms with E-state index in [2.05, 4.69) is 0 Å². The largest absolute Gasteiger partial charge is 0.497 e. The Bertz CT molecular complexity index is 571. The van der Waals surface area contributed by atoms with Crippen molar-refractivity contribution in [3.8, 4) is 5.75 Å². The van der Waals surface area contributed by atoms with Gasteiger partial charge in [-0.05, 0) is 35.9 Å². The Hall–Kier alpha value is -1.62. The van der Waals surface area contributed by atoms with E-state index in [1.54, 1.807) is 7.11 Å². The molecule has 0 aliphatic carbocycles. The number of benzene rings is 2. The summed E-state index contributed by atoms with van der Waals surface area (Å²) in [5, 5.41) is 0. The molecule has 120 valence electrons. The van der Waals surface area contributed by atoms with Crippen LogP contribution in [0.3, 0.4) is 0 Å². The SMILES string of the molecule is CC.COc1ccc(CSc2cc(F)cc(C(F)F)c2)cc1. The normalized spacial score (nSPS) is 10.1. The molecule has 0 atom stereocenters. The van der Waals surface area contributed by atoms with E-state index >= 15 is 0 Å². The minimum absolute atomic E-state index is 0.290. The summed E-state index contributed by atoms with van der Waals surface area (Å²) >= 11 is 1.32. The van der Waals surface area contributed by atoms with Crippen LogP contribution < -0.4 is 4.74 Å². The van der Waals surface area contributed by atoms with E-state index in [1.807, 2.05) is 38.1 Å². The van der Waals surface area contributed by atoms with Gasteiger partial charge in [-0.1, -0.05) is 26.0 Å². The summed E-state index contributed by atoms with van der Waals surface area (Å²) in [4.78, 5) is 0.496. The molecule has 0 bridgehead atoms. The third-order valence-electron chi connectivity index (χ3n) is 2.71. The van der Waals surface area contributed by atoms with E-state index < -0.39 is 12.2 Å². The number of methoxy groups -OCH3 is 1. The van der Waals surface area contributed by atoms with E-state index in [-0.39, 0.29) is 5.56 Å². The first-order valence-corrected chi connectivity index (χ1v) is 7.91. The Morgan fingerprint density at radius 1 is 1.05 bits per heavy atom. The fourth-order valence-corrected chi connectivity index (χ4v) is 2.62. The van der Waals surface area contributed by atoms with Gasteiger partial charge in [-0.3, -0.25) is 0 Å². The highest BCUT2D eigenvalue weighted by atomic mass is 32.2. The maximum absolute atomic E-state index is 13.2. The molecular weight excluding hydrogens is 309 g/mol. The molecule has 0 unspecified atom stereocenters. The predicted molar refractivity (Wildman–Crippen MR) is 85.3 cm³/mol. The van der Waals surface area contributed by atoms with Gasteiger partial charge >= 0.3 is 0 Å². The molecule has 2 aromatic rings. The number of ether oxygens (including phenoxy) is 1. The van der Waals surface area contributed by atoms with Crippen LogP contribution in [0.25, 0.3) is 0 Å². The zero-order valence-corrected chi connectivity index (χ0v) is 13.6. The van der Waals surface area contributed by atoms with Gasteiger partial charge in [0.25, 0.3) is 6.43 Å². The van der Waals surface area contributed by atoms with Crippen molar-refractivity contribution in [3.63, 3.8) is 0 Å². The Kier molecular flexibility index (Phi) is 7.88. The second-order valence-corrected chi connectivity index (χ2v) is 5.21. The van der Waals surface area contributed by atoms with Crippen LogP contribution in [0.4, 0.5) is 13.2 Å². The van der Waals surface area contributed by atoms with Gasteiger partial charge in [-0.25, -0.2) is 13.2 Å². The molecule has 0 fully saturated rings. The lowest BCUT2D eigenvalue weighted by Crippen LogP contribution is -1.89. The maximum Gasteiger partial charge on any atom is 0.263 e. The van der Waals surface area contributed by atoms with Gasteiger partial charge in [0.2, 0.25) is 0 Å². The minimum atomic E-state index is -2.66. The molecule has 5 heteroatoms. The van der Waals surface area contributed by atoms with Crippen LogP contribution in [0.1, 0.15) is 31.4 Å². The van der Waals surface area contributed by atoms with E-state index in [0.29, 0.717) is 10.6 Å². The lowest BCUT2D eigenvalue weighted by molar-refractivity contribution is 0.150. The lowest BCUT2D eigenvalue weighted by atomic mass is 10.2. The van der Waals surface area contributed by atoms with Crippen molar-refractivity contribution in [1.29, 1.82) is 0 Å².